The van der Waals surface area contributed by atoms with Crippen LogP contribution in [0.1, 0.15) is 10.4 Å². The number of pyridine rings is 1. The van der Waals surface area contributed by atoms with Gasteiger partial charge < -0.3 is 14.5 Å². The fraction of sp³-hybridized carbons (Fsp3) is 0.500. The van der Waals surface area contributed by atoms with Gasteiger partial charge in [0, 0.05) is 36.8 Å². The molecule has 0 atom stereocenters. The van der Waals surface area contributed by atoms with Crippen LogP contribution in [0.4, 0.5) is 0 Å². The number of hydrogen-bond acceptors (Lipinski definition) is 4. The Morgan fingerprint density at radius 1 is 1.39 bits per heavy atom. The molecule has 5 nitrogen and oxygen atoms in total. The van der Waals surface area contributed by atoms with Gasteiger partial charge in [-0.3, -0.25) is 4.79 Å². The number of carbonyl (C=O) groups excluding carboxylic acids is 1. The van der Waals surface area contributed by atoms with E-state index in [-0.39, 0.29) is 5.91 Å². The van der Waals surface area contributed by atoms with E-state index in [2.05, 4.69) is 32.9 Å². The van der Waals surface area contributed by atoms with Gasteiger partial charge in [-0.2, -0.15) is 0 Å². The number of likely N-dealkylation sites (N-methyl/N-ethyl adjacent to an activating group) is 1. The molecule has 2 heterocycles. The van der Waals surface area contributed by atoms with Crippen LogP contribution in [0.2, 0.25) is 0 Å². The summed E-state index contributed by atoms with van der Waals surface area (Å²) in [7, 11) is 3.58. The van der Waals surface area contributed by atoms with Gasteiger partial charge >= 0.3 is 0 Å². The second-order valence-electron chi connectivity index (χ2n) is 4.31. The minimum absolute atomic E-state index is 0.0197. The maximum Gasteiger partial charge on any atom is 0.259 e. The predicted molar refractivity (Wildman–Crippen MR) is 71.9 cm³/mol. The highest BCUT2D eigenvalue weighted by Crippen LogP contribution is 2.21. The van der Waals surface area contributed by atoms with Crippen LogP contribution in [0.5, 0.6) is 5.88 Å². The van der Waals surface area contributed by atoms with E-state index in [4.69, 9.17) is 4.74 Å². The normalized spacial score (nSPS) is 16.7. The lowest BCUT2D eigenvalue weighted by molar-refractivity contribution is 0.0660. The number of amides is 1. The van der Waals surface area contributed by atoms with Crippen molar-refractivity contribution < 1.29 is 9.53 Å². The number of hydrogen-bond donors (Lipinski definition) is 0. The number of ether oxygens (including phenoxy) is 1. The summed E-state index contributed by atoms with van der Waals surface area (Å²) in [5.41, 5.74) is 0.511. The number of methoxy groups -OCH3 is 1. The summed E-state index contributed by atoms with van der Waals surface area (Å²) in [5.74, 6) is 0.357. The highest BCUT2D eigenvalue weighted by molar-refractivity contribution is 9.10. The van der Waals surface area contributed by atoms with E-state index in [0.29, 0.717) is 11.4 Å². The van der Waals surface area contributed by atoms with Crippen LogP contribution < -0.4 is 4.74 Å². The van der Waals surface area contributed by atoms with Crippen molar-refractivity contribution in [2.24, 2.45) is 0 Å². The van der Waals surface area contributed by atoms with Gasteiger partial charge in [-0.1, -0.05) is 0 Å². The van der Waals surface area contributed by atoms with E-state index in [1.807, 2.05) is 4.90 Å². The Labute approximate surface area is 115 Å². The van der Waals surface area contributed by atoms with Gasteiger partial charge in [0.2, 0.25) is 5.88 Å². The Morgan fingerprint density at radius 2 is 2.06 bits per heavy atom. The van der Waals surface area contributed by atoms with Crippen molar-refractivity contribution in [1.82, 2.24) is 14.8 Å². The number of piperazine rings is 1. The van der Waals surface area contributed by atoms with E-state index in [1.165, 1.54) is 7.11 Å². The molecule has 1 aliphatic rings. The van der Waals surface area contributed by atoms with Crippen LogP contribution in [0.3, 0.4) is 0 Å². The topological polar surface area (TPSA) is 45.7 Å². The van der Waals surface area contributed by atoms with E-state index in [1.54, 1.807) is 12.3 Å². The molecule has 0 spiro atoms. The summed E-state index contributed by atoms with van der Waals surface area (Å²) in [6.07, 6.45) is 1.62. The summed E-state index contributed by atoms with van der Waals surface area (Å²) in [4.78, 5) is 20.6. The summed E-state index contributed by atoms with van der Waals surface area (Å²) in [6.45, 7) is 3.28. The highest BCUT2D eigenvalue weighted by atomic mass is 79.9. The largest absolute Gasteiger partial charge is 0.480 e. The third kappa shape index (κ3) is 2.81. The molecule has 2 rings (SSSR count). The van der Waals surface area contributed by atoms with Gasteiger partial charge in [-0.05, 0) is 29.0 Å². The molecule has 0 N–H and O–H groups in total. The summed E-state index contributed by atoms with van der Waals surface area (Å²) in [6, 6.07) is 1.76. The fourth-order valence-electron chi connectivity index (χ4n) is 1.92. The number of nitrogens with zero attached hydrogens (tertiary/aromatic N) is 3. The van der Waals surface area contributed by atoms with E-state index in [0.717, 1.165) is 30.7 Å². The fourth-order valence-corrected chi connectivity index (χ4v) is 2.25. The molecule has 0 saturated carbocycles. The first-order valence-electron chi connectivity index (χ1n) is 5.79. The van der Waals surface area contributed by atoms with Gasteiger partial charge in [-0.25, -0.2) is 4.98 Å². The molecule has 0 aromatic carbocycles. The lowest BCUT2D eigenvalue weighted by Gasteiger charge is -2.32. The third-order valence-electron chi connectivity index (χ3n) is 3.03. The average molecular weight is 314 g/mol. The van der Waals surface area contributed by atoms with E-state index >= 15 is 0 Å². The van der Waals surface area contributed by atoms with Crippen LogP contribution in [0.25, 0.3) is 0 Å². The van der Waals surface area contributed by atoms with Crippen molar-refractivity contribution in [2.45, 2.75) is 0 Å². The van der Waals surface area contributed by atoms with Gasteiger partial charge in [0.25, 0.3) is 5.91 Å². The number of rotatable bonds is 2. The lowest BCUT2D eigenvalue weighted by Crippen LogP contribution is -2.47. The standard InChI is InChI=1S/C12H16BrN3O2/c1-15-3-5-16(6-4-15)12(17)10-7-9(13)8-14-11(10)18-2/h7-8H,3-6H2,1-2H3. The molecule has 1 aliphatic heterocycles. The first-order valence-corrected chi connectivity index (χ1v) is 6.58. The summed E-state index contributed by atoms with van der Waals surface area (Å²) >= 11 is 3.33. The Hall–Kier alpha value is -1.14. The maximum absolute atomic E-state index is 12.4. The molecule has 0 radical (unpaired) electrons. The molecule has 0 unspecified atom stereocenters. The first kappa shape index (κ1) is 13.3. The van der Waals surface area contributed by atoms with Gasteiger partial charge in [0.15, 0.2) is 0 Å². The zero-order valence-electron chi connectivity index (χ0n) is 10.5. The van der Waals surface area contributed by atoms with Crippen molar-refractivity contribution >= 4 is 21.8 Å². The molecule has 1 fully saturated rings. The van der Waals surface area contributed by atoms with E-state index in [9.17, 15) is 4.79 Å². The van der Waals surface area contributed by atoms with Gasteiger partial charge in [-0.15, -0.1) is 0 Å². The molecular formula is C12H16BrN3O2. The van der Waals surface area contributed by atoms with Crippen molar-refractivity contribution in [3.8, 4) is 5.88 Å². The summed E-state index contributed by atoms with van der Waals surface area (Å²) in [5, 5.41) is 0. The highest BCUT2D eigenvalue weighted by Gasteiger charge is 2.23. The van der Waals surface area contributed by atoms with Crippen LogP contribution in [-0.2, 0) is 0 Å². The second kappa shape index (κ2) is 5.67. The lowest BCUT2D eigenvalue weighted by atomic mass is 10.2. The third-order valence-corrected chi connectivity index (χ3v) is 3.47. The van der Waals surface area contributed by atoms with Crippen molar-refractivity contribution in [1.29, 1.82) is 0 Å². The molecule has 0 aliphatic carbocycles. The Morgan fingerprint density at radius 3 is 2.67 bits per heavy atom. The summed E-state index contributed by atoms with van der Waals surface area (Å²) < 4.78 is 5.92. The minimum atomic E-state index is -0.0197. The van der Waals surface area contributed by atoms with Crippen LogP contribution in [0, 0.1) is 0 Å². The second-order valence-corrected chi connectivity index (χ2v) is 5.22. The number of carbonyl (C=O) groups is 1. The van der Waals surface area contributed by atoms with Crippen molar-refractivity contribution in [3.63, 3.8) is 0 Å². The molecule has 1 amide bonds. The molecule has 98 valence electrons. The van der Waals surface area contributed by atoms with Gasteiger partial charge in [0.1, 0.15) is 5.56 Å². The van der Waals surface area contributed by atoms with E-state index < -0.39 is 0 Å². The maximum atomic E-state index is 12.4. The molecule has 1 aromatic rings. The Kier molecular flexibility index (Phi) is 4.19. The average Bonchev–Trinajstić information content (AvgIpc) is 2.39. The molecule has 1 aromatic heterocycles. The number of aromatic nitrogens is 1. The van der Waals surface area contributed by atoms with Gasteiger partial charge in [0.05, 0.1) is 7.11 Å². The smallest absolute Gasteiger partial charge is 0.259 e. The quantitative estimate of drug-likeness (QED) is 0.824. The minimum Gasteiger partial charge on any atom is -0.480 e. The monoisotopic (exact) mass is 313 g/mol. The SMILES string of the molecule is COc1ncc(Br)cc1C(=O)N1CCN(C)CC1. The molecular weight excluding hydrogens is 298 g/mol. The molecule has 6 heteroatoms. The predicted octanol–water partition coefficient (Wildman–Crippen LogP) is 1.24. The zero-order valence-corrected chi connectivity index (χ0v) is 12.1. The Bertz CT molecular complexity index is 445. The molecule has 0 bridgehead atoms. The zero-order chi connectivity index (χ0) is 13.1. The van der Waals surface area contributed by atoms with Crippen LogP contribution in [-0.4, -0.2) is 61.0 Å². The molecule has 1 saturated heterocycles. The first-order chi connectivity index (χ1) is 8.61. The number of halogens is 1. The van der Waals surface area contributed by atoms with Crippen molar-refractivity contribution in [2.75, 3.05) is 40.3 Å². The van der Waals surface area contributed by atoms with Crippen LogP contribution in [0.15, 0.2) is 16.7 Å². The molecule has 18 heavy (non-hydrogen) atoms. The van der Waals surface area contributed by atoms with Crippen molar-refractivity contribution in [3.05, 3.63) is 22.3 Å². The van der Waals surface area contributed by atoms with Crippen LogP contribution >= 0.6 is 15.9 Å². The Balaban J connectivity index is 2.20.